The first-order valence-corrected chi connectivity index (χ1v) is 5.16. The normalized spacial score (nSPS) is 9.89. The monoisotopic (exact) mass is 267 g/mol. The molecule has 1 aromatic rings. The summed E-state index contributed by atoms with van der Waals surface area (Å²) in [5.74, 6) is -1.36. The van der Waals surface area contributed by atoms with Crippen molar-refractivity contribution >= 4 is 28.9 Å². The van der Waals surface area contributed by atoms with Gasteiger partial charge in [0.05, 0.1) is 29.4 Å². The third kappa shape index (κ3) is 3.84. The standard InChI is InChI=1S/C10H13N5O4/c11-7-3-6(15(18)19)1-2-8(7)14(4-9(12)16)5-10(13)17/h1-3H,4-5,11H2,(H2,12,16)(H2,13,17). The molecule has 0 aliphatic heterocycles. The van der Waals surface area contributed by atoms with Gasteiger partial charge in [0.15, 0.2) is 0 Å². The van der Waals surface area contributed by atoms with Gasteiger partial charge < -0.3 is 22.1 Å². The van der Waals surface area contributed by atoms with Gasteiger partial charge in [0.2, 0.25) is 11.8 Å². The van der Waals surface area contributed by atoms with Gasteiger partial charge in [-0.05, 0) is 6.07 Å². The number of non-ortho nitro benzene ring substituents is 1. The summed E-state index contributed by atoms with van der Waals surface area (Å²) in [6.07, 6.45) is 0. The molecule has 0 bridgehead atoms. The highest BCUT2D eigenvalue weighted by molar-refractivity contribution is 5.87. The molecule has 0 aromatic heterocycles. The van der Waals surface area contributed by atoms with E-state index in [2.05, 4.69) is 0 Å². The molecule has 0 radical (unpaired) electrons. The number of hydrogen-bond acceptors (Lipinski definition) is 6. The minimum Gasteiger partial charge on any atom is -0.397 e. The third-order valence-corrected chi connectivity index (χ3v) is 2.26. The van der Waals surface area contributed by atoms with E-state index in [-0.39, 0.29) is 30.2 Å². The Morgan fingerprint density at radius 3 is 2.11 bits per heavy atom. The zero-order valence-corrected chi connectivity index (χ0v) is 9.91. The van der Waals surface area contributed by atoms with Gasteiger partial charge in [-0.1, -0.05) is 0 Å². The largest absolute Gasteiger partial charge is 0.397 e. The van der Waals surface area contributed by atoms with Crippen LogP contribution >= 0.6 is 0 Å². The van der Waals surface area contributed by atoms with Crippen LogP contribution in [0, 0.1) is 10.1 Å². The van der Waals surface area contributed by atoms with Crippen molar-refractivity contribution < 1.29 is 14.5 Å². The molecule has 2 amide bonds. The first-order chi connectivity index (χ1) is 8.81. The molecule has 1 rings (SSSR count). The molecule has 6 N–H and O–H groups in total. The maximum absolute atomic E-state index is 10.9. The van der Waals surface area contributed by atoms with Gasteiger partial charge >= 0.3 is 0 Å². The fraction of sp³-hybridized carbons (Fsp3) is 0.200. The Balaban J connectivity index is 3.11. The second-order valence-corrected chi connectivity index (χ2v) is 3.79. The Morgan fingerprint density at radius 1 is 1.21 bits per heavy atom. The molecule has 0 aliphatic carbocycles. The summed E-state index contributed by atoms with van der Waals surface area (Å²) in [6.45, 7) is -0.546. The van der Waals surface area contributed by atoms with Gasteiger partial charge in [0.1, 0.15) is 0 Å². The van der Waals surface area contributed by atoms with Crippen LogP contribution in [0.3, 0.4) is 0 Å². The molecule has 0 spiro atoms. The minimum atomic E-state index is -0.681. The number of nitro groups is 1. The van der Waals surface area contributed by atoms with Crippen LogP contribution in [0.4, 0.5) is 17.1 Å². The number of amides is 2. The van der Waals surface area contributed by atoms with Gasteiger partial charge in [-0.3, -0.25) is 19.7 Å². The highest BCUT2D eigenvalue weighted by Gasteiger charge is 2.17. The highest BCUT2D eigenvalue weighted by Crippen LogP contribution is 2.27. The van der Waals surface area contributed by atoms with E-state index in [4.69, 9.17) is 17.2 Å². The van der Waals surface area contributed by atoms with Crippen LogP contribution in [0.5, 0.6) is 0 Å². The quantitative estimate of drug-likeness (QED) is 0.339. The number of primary amides is 2. The number of nitrogens with two attached hydrogens (primary N) is 3. The van der Waals surface area contributed by atoms with Gasteiger partial charge in [-0.2, -0.15) is 0 Å². The zero-order valence-electron chi connectivity index (χ0n) is 9.91. The van der Waals surface area contributed by atoms with Crippen LogP contribution < -0.4 is 22.1 Å². The minimum absolute atomic E-state index is 0.0525. The summed E-state index contributed by atoms with van der Waals surface area (Å²) in [6, 6.07) is 3.67. The Hall–Kier alpha value is -2.84. The highest BCUT2D eigenvalue weighted by atomic mass is 16.6. The van der Waals surface area contributed by atoms with Crippen LogP contribution in [0.25, 0.3) is 0 Å². The Labute approximate surface area is 108 Å². The third-order valence-electron chi connectivity index (χ3n) is 2.26. The summed E-state index contributed by atoms with van der Waals surface area (Å²) in [5, 5.41) is 10.6. The van der Waals surface area contributed by atoms with E-state index in [0.717, 1.165) is 6.07 Å². The average molecular weight is 267 g/mol. The molecule has 0 heterocycles. The molecule has 9 nitrogen and oxygen atoms in total. The number of hydrogen-bond donors (Lipinski definition) is 3. The number of carbonyl (C=O) groups excluding carboxylic acids is 2. The Kier molecular flexibility index (Phi) is 4.24. The van der Waals surface area contributed by atoms with E-state index in [1.165, 1.54) is 17.0 Å². The van der Waals surface area contributed by atoms with Gasteiger partial charge in [0, 0.05) is 12.1 Å². The van der Waals surface area contributed by atoms with Crippen molar-refractivity contribution in [1.82, 2.24) is 0 Å². The summed E-state index contributed by atoms with van der Waals surface area (Å²) in [4.78, 5) is 33.1. The fourth-order valence-corrected chi connectivity index (χ4v) is 1.55. The van der Waals surface area contributed by atoms with E-state index in [9.17, 15) is 19.7 Å². The SMILES string of the molecule is NC(=O)CN(CC(N)=O)c1ccc([N+](=O)[O-])cc1N. The maximum Gasteiger partial charge on any atom is 0.271 e. The van der Waals surface area contributed by atoms with Crippen LogP contribution in [-0.2, 0) is 9.59 Å². The zero-order chi connectivity index (χ0) is 14.6. The van der Waals surface area contributed by atoms with Crippen molar-refractivity contribution in [2.45, 2.75) is 0 Å². The molecule has 0 aliphatic rings. The first-order valence-electron chi connectivity index (χ1n) is 5.16. The van der Waals surface area contributed by atoms with Crippen LogP contribution in [0.1, 0.15) is 0 Å². The number of carbonyl (C=O) groups is 2. The van der Waals surface area contributed by atoms with E-state index in [1.54, 1.807) is 0 Å². The molecule has 0 unspecified atom stereocenters. The molecule has 19 heavy (non-hydrogen) atoms. The molecule has 0 saturated heterocycles. The number of anilines is 2. The smallest absolute Gasteiger partial charge is 0.271 e. The molecular weight excluding hydrogens is 254 g/mol. The predicted octanol–water partition coefficient (Wildman–Crippen LogP) is -1.05. The lowest BCUT2D eigenvalue weighted by atomic mass is 10.2. The van der Waals surface area contributed by atoms with Crippen molar-refractivity contribution in [1.29, 1.82) is 0 Å². The Bertz CT molecular complexity index is 515. The van der Waals surface area contributed by atoms with Crippen molar-refractivity contribution in [2.24, 2.45) is 11.5 Å². The molecule has 0 atom stereocenters. The second kappa shape index (κ2) is 5.67. The molecular formula is C10H13N5O4. The van der Waals surface area contributed by atoms with Crippen molar-refractivity contribution in [2.75, 3.05) is 23.7 Å². The number of nitrogen functional groups attached to an aromatic ring is 1. The lowest BCUT2D eigenvalue weighted by Gasteiger charge is -2.22. The molecule has 0 saturated carbocycles. The molecule has 9 heteroatoms. The fourth-order valence-electron chi connectivity index (χ4n) is 1.55. The van der Waals surface area contributed by atoms with E-state index >= 15 is 0 Å². The number of rotatable bonds is 6. The molecule has 0 fully saturated rings. The van der Waals surface area contributed by atoms with Crippen LogP contribution in [0.15, 0.2) is 18.2 Å². The van der Waals surface area contributed by atoms with E-state index in [0.29, 0.717) is 0 Å². The van der Waals surface area contributed by atoms with Crippen molar-refractivity contribution in [3.63, 3.8) is 0 Å². The summed E-state index contributed by atoms with van der Waals surface area (Å²) in [5.41, 5.74) is 15.9. The number of nitrogens with zero attached hydrogens (tertiary/aromatic N) is 2. The van der Waals surface area contributed by atoms with Crippen LogP contribution in [-0.4, -0.2) is 29.8 Å². The maximum atomic E-state index is 10.9. The first kappa shape index (κ1) is 14.2. The van der Waals surface area contributed by atoms with Crippen LogP contribution in [0.2, 0.25) is 0 Å². The summed E-state index contributed by atoms with van der Waals surface area (Å²) < 4.78 is 0. The summed E-state index contributed by atoms with van der Waals surface area (Å²) in [7, 11) is 0. The van der Waals surface area contributed by atoms with Gasteiger partial charge in [-0.15, -0.1) is 0 Å². The molecule has 1 aromatic carbocycles. The number of benzene rings is 1. The van der Waals surface area contributed by atoms with E-state index < -0.39 is 16.7 Å². The van der Waals surface area contributed by atoms with E-state index in [1.807, 2.05) is 0 Å². The van der Waals surface area contributed by atoms with Gasteiger partial charge in [0.25, 0.3) is 5.69 Å². The Morgan fingerprint density at radius 2 is 1.74 bits per heavy atom. The lowest BCUT2D eigenvalue weighted by molar-refractivity contribution is -0.384. The lowest BCUT2D eigenvalue weighted by Crippen LogP contribution is -2.40. The number of nitro benzene ring substituents is 1. The van der Waals surface area contributed by atoms with Crippen molar-refractivity contribution in [3.8, 4) is 0 Å². The average Bonchev–Trinajstić information content (AvgIpc) is 2.26. The molecule has 102 valence electrons. The summed E-state index contributed by atoms with van der Waals surface area (Å²) >= 11 is 0. The predicted molar refractivity (Wildman–Crippen MR) is 68.1 cm³/mol. The second-order valence-electron chi connectivity index (χ2n) is 3.79. The van der Waals surface area contributed by atoms with Gasteiger partial charge in [-0.25, -0.2) is 0 Å². The topological polar surface area (TPSA) is 159 Å². The van der Waals surface area contributed by atoms with Crippen molar-refractivity contribution in [3.05, 3.63) is 28.3 Å².